The van der Waals surface area contributed by atoms with Crippen LogP contribution in [0.5, 0.6) is 0 Å². The molecule has 2 saturated carbocycles. The molecule has 0 aromatic rings. The average Bonchev–Trinajstić information content (AvgIpc) is 2.85. The minimum atomic E-state index is -0.372. The molecule has 4 nitrogen and oxygen atoms in total. The van der Waals surface area contributed by atoms with Crippen molar-refractivity contribution in [3.63, 3.8) is 0 Å². The molecule has 0 bridgehead atoms. The Bertz CT molecular complexity index is 271. The van der Waals surface area contributed by atoms with Gasteiger partial charge in [-0.3, -0.25) is 0 Å². The van der Waals surface area contributed by atoms with Crippen molar-refractivity contribution >= 4 is 23.2 Å². The molecule has 0 amide bonds. The molecular weight excluding hydrogens is 251 g/mol. The summed E-state index contributed by atoms with van der Waals surface area (Å²) >= 11 is 12.0. The van der Waals surface area contributed by atoms with Crippen LogP contribution in [0.15, 0.2) is 0 Å². The van der Waals surface area contributed by atoms with E-state index in [0.717, 1.165) is 25.7 Å². The van der Waals surface area contributed by atoms with E-state index in [1.165, 1.54) is 0 Å². The molecule has 0 saturated heterocycles. The highest BCUT2D eigenvalue weighted by molar-refractivity contribution is 6.21. The lowest BCUT2D eigenvalue weighted by atomic mass is 10.2. The highest BCUT2D eigenvalue weighted by Gasteiger charge is 2.42. The van der Waals surface area contributed by atoms with Gasteiger partial charge in [0.1, 0.15) is 10.8 Å². The van der Waals surface area contributed by atoms with Gasteiger partial charge in [-0.1, -0.05) is 0 Å². The van der Waals surface area contributed by atoms with E-state index in [4.69, 9.17) is 23.2 Å². The van der Waals surface area contributed by atoms with Crippen LogP contribution in [0.2, 0.25) is 0 Å². The summed E-state index contributed by atoms with van der Waals surface area (Å²) in [5, 5.41) is 23.3. The van der Waals surface area contributed by atoms with Crippen LogP contribution in [0.4, 0.5) is 0 Å². The van der Waals surface area contributed by atoms with Crippen molar-refractivity contribution in [2.24, 2.45) is 0 Å². The number of halogens is 2. The van der Waals surface area contributed by atoms with E-state index in [0.29, 0.717) is 22.6 Å². The third kappa shape index (κ3) is 2.23. The molecule has 4 unspecified atom stereocenters. The largest absolute Gasteiger partial charge is 0.567 e. The molecule has 0 aliphatic heterocycles. The number of alkyl halides is 2. The fraction of sp³-hybridized carbons (Fsp3) is 1.00. The van der Waals surface area contributed by atoms with Gasteiger partial charge in [0.2, 0.25) is 12.1 Å². The molecule has 2 aliphatic rings. The molecule has 2 aliphatic carbocycles. The zero-order valence-electron chi connectivity index (χ0n) is 9.02. The molecule has 2 fully saturated rings. The van der Waals surface area contributed by atoms with Crippen LogP contribution in [0.3, 0.4) is 0 Å². The molecule has 0 radical (unpaired) electrons. The summed E-state index contributed by atoms with van der Waals surface area (Å²) in [4.78, 5) is 1.05. The van der Waals surface area contributed by atoms with Crippen LogP contribution >= 0.6 is 23.2 Å². The number of hydrogen-bond acceptors (Lipinski definition) is 2. The molecule has 6 heteroatoms. The Morgan fingerprint density at radius 2 is 1.12 bits per heavy atom. The molecule has 0 N–H and O–H groups in total. The van der Waals surface area contributed by atoms with Crippen molar-refractivity contribution < 1.29 is 9.72 Å². The molecular formula is C10H16Cl2N2O2. The van der Waals surface area contributed by atoms with E-state index in [1.807, 2.05) is 0 Å². The van der Waals surface area contributed by atoms with Gasteiger partial charge >= 0.3 is 0 Å². The van der Waals surface area contributed by atoms with E-state index < -0.39 is 0 Å². The second-order valence-electron chi connectivity index (χ2n) is 4.63. The van der Waals surface area contributed by atoms with Crippen molar-refractivity contribution in [2.75, 3.05) is 0 Å². The zero-order valence-corrected chi connectivity index (χ0v) is 10.5. The van der Waals surface area contributed by atoms with Crippen LogP contribution in [0, 0.1) is 10.4 Å². The Morgan fingerprint density at radius 3 is 1.38 bits per heavy atom. The first-order valence-corrected chi connectivity index (χ1v) is 6.69. The Morgan fingerprint density at radius 1 is 0.750 bits per heavy atom. The molecule has 0 heterocycles. The Balaban J connectivity index is 2.13. The topological polar surface area (TPSA) is 52.1 Å². The van der Waals surface area contributed by atoms with Crippen molar-refractivity contribution in [3.05, 3.63) is 10.4 Å². The minimum absolute atomic E-state index is 0.205. The van der Waals surface area contributed by atoms with Gasteiger partial charge in [0.15, 0.2) is 0 Å². The molecule has 92 valence electrons. The first-order valence-electron chi connectivity index (χ1n) is 5.82. The maximum Gasteiger partial charge on any atom is 0.245 e. The first kappa shape index (κ1) is 12.2. The monoisotopic (exact) mass is 266 g/mol. The van der Waals surface area contributed by atoms with Crippen molar-refractivity contribution in [1.82, 2.24) is 0 Å². The van der Waals surface area contributed by atoms with Gasteiger partial charge in [-0.25, -0.2) is 0 Å². The maximum atomic E-state index is 11.9. The molecule has 0 aromatic carbocycles. The normalized spacial score (nSPS) is 41.1. The van der Waals surface area contributed by atoms with Crippen LogP contribution in [-0.2, 0) is 0 Å². The lowest BCUT2D eigenvalue weighted by Crippen LogP contribution is -2.38. The summed E-state index contributed by atoms with van der Waals surface area (Å²) in [6, 6.07) is -0.743. The number of azo groups is 1. The SMILES string of the molecule is [O-]/[N+](C1CCCC1Cl)=[N+](/[O-])C1CCCC1Cl. The van der Waals surface area contributed by atoms with Crippen LogP contribution < -0.4 is 0 Å². The van der Waals surface area contributed by atoms with Gasteiger partial charge in [0.05, 0.1) is 0 Å². The summed E-state index contributed by atoms with van der Waals surface area (Å²) in [6.07, 6.45) is 4.87. The van der Waals surface area contributed by atoms with Gasteiger partial charge in [-0.05, 0) is 25.7 Å². The van der Waals surface area contributed by atoms with Gasteiger partial charge in [-0.15, -0.1) is 23.2 Å². The van der Waals surface area contributed by atoms with Gasteiger partial charge < -0.3 is 10.4 Å². The molecule has 2 rings (SSSR count). The predicted molar refractivity (Wildman–Crippen MR) is 61.8 cm³/mol. The van der Waals surface area contributed by atoms with Gasteiger partial charge in [0, 0.05) is 22.6 Å². The highest BCUT2D eigenvalue weighted by atomic mass is 35.5. The highest BCUT2D eigenvalue weighted by Crippen LogP contribution is 2.29. The third-order valence-corrected chi connectivity index (χ3v) is 4.57. The lowest BCUT2D eigenvalue weighted by molar-refractivity contribution is -0.995. The van der Waals surface area contributed by atoms with Crippen LogP contribution in [0.25, 0.3) is 0 Å². The summed E-state index contributed by atoms with van der Waals surface area (Å²) in [7, 11) is 0. The Hall–Kier alpha value is -0.220. The molecule has 4 atom stereocenters. The summed E-state index contributed by atoms with van der Waals surface area (Å²) in [5.74, 6) is 0. The summed E-state index contributed by atoms with van der Waals surface area (Å²) in [5.41, 5.74) is 0. The summed E-state index contributed by atoms with van der Waals surface area (Å²) in [6.45, 7) is 0. The molecule has 0 aromatic heterocycles. The minimum Gasteiger partial charge on any atom is -0.567 e. The van der Waals surface area contributed by atoms with Gasteiger partial charge in [0.25, 0.3) is 0 Å². The van der Waals surface area contributed by atoms with E-state index in [9.17, 15) is 10.4 Å². The van der Waals surface area contributed by atoms with Crippen molar-refractivity contribution in [2.45, 2.75) is 61.4 Å². The maximum absolute atomic E-state index is 11.9. The van der Waals surface area contributed by atoms with Crippen molar-refractivity contribution in [1.29, 1.82) is 0 Å². The van der Waals surface area contributed by atoms with E-state index in [-0.39, 0.29) is 22.8 Å². The molecule has 16 heavy (non-hydrogen) atoms. The number of rotatable bonds is 2. The fourth-order valence-corrected chi connectivity index (χ4v) is 3.33. The second-order valence-corrected chi connectivity index (χ2v) is 5.75. The van der Waals surface area contributed by atoms with Crippen LogP contribution in [-0.4, -0.2) is 32.6 Å². The smallest absolute Gasteiger partial charge is 0.245 e. The second kappa shape index (κ2) is 4.96. The lowest BCUT2D eigenvalue weighted by Gasteiger charge is -2.16. The van der Waals surface area contributed by atoms with Crippen LogP contribution in [0.1, 0.15) is 38.5 Å². The number of nitrogens with zero attached hydrogens (tertiary/aromatic N) is 2. The summed E-state index contributed by atoms with van der Waals surface area (Å²) < 4.78 is 0. The first-order chi connectivity index (χ1) is 7.61. The van der Waals surface area contributed by atoms with E-state index >= 15 is 0 Å². The fourth-order valence-electron chi connectivity index (χ4n) is 2.58. The van der Waals surface area contributed by atoms with Gasteiger partial charge in [-0.2, -0.15) is 0 Å². The molecule has 0 spiro atoms. The standard InChI is InChI=1S/C10H16Cl2N2O2/c11-7-3-1-5-9(7)13(15)14(16)10-6-2-4-8(10)12/h7-10H,1-6H2/b14-13+. The number of hydrogen-bond donors (Lipinski definition) is 0. The Labute approximate surface area is 105 Å². The van der Waals surface area contributed by atoms with E-state index in [2.05, 4.69) is 0 Å². The van der Waals surface area contributed by atoms with Crippen molar-refractivity contribution in [3.8, 4) is 0 Å². The zero-order chi connectivity index (χ0) is 11.7. The van der Waals surface area contributed by atoms with E-state index in [1.54, 1.807) is 0 Å². The number of hydroxylamine groups is 2. The average molecular weight is 267 g/mol. The Kier molecular flexibility index (Phi) is 3.80. The quantitative estimate of drug-likeness (QED) is 0.334. The third-order valence-electron chi connectivity index (χ3n) is 3.56. The predicted octanol–water partition coefficient (Wildman–Crippen LogP) is 2.78.